The van der Waals surface area contributed by atoms with Gasteiger partial charge in [0.05, 0.1) is 20.9 Å². The second-order valence-electron chi connectivity index (χ2n) is 7.88. The van der Waals surface area contributed by atoms with E-state index in [1.807, 2.05) is 28.7 Å². The van der Waals surface area contributed by atoms with Crippen molar-refractivity contribution in [1.29, 1.82) is 0 Å². The Morgan fingerprint density at radius 3 is 2.47 bits per heavy atom. The van der Waals surface area contributed by atoms with Crippen LogP contribution in [-0.4, -0.2) is 37.0 Å². The number of nitrogens with one attached hydrogen (secondary N) is 2. The number of amides is 5. The van der Waals surface area contributed by atoms with Crippen LogP contribution in [-0.2, 0) is 14.4 Å². The Kier molecular flexibility index (Phi) is 8.64. The SMILES string of the molecule is CCOc1cc(/C=C2\C(=O)NC(=O)N(c3ccccc3Cl)C2=O)cc(I)c1OCC(=O)Nc1ccccc1. The number of carbonyl (C=O) groups is 4. The van der Waals surface area contributed by atoms with E-state index in [0.717, 1.165) is 4.90 Å². The number of benzene rings is 3. The van der Waals surface area contributed by atoms with E-state index in [-0.39, 0.29) is 28.8 Å². The molecular formula is C27H21ClIN3O6. The summed E-state index contributed by atoms with van der Waals surface area (Å²) in [5, 5.41) is 5.09. The van der Waals surface area contributed by atoms with E-state index in [4.69, 9.17) is 21.1 Å². The highest BCUT2D eigenvalue weighted by atomic mass is 127. The summed E-state index contributed by atoms with van der Waals surface area (Å²) in [4.78, 5) is 51.4. The van der Waals surface area contributed by atoms with Gasteiger partial charge in [-0.15, -0.1) is 0 Å². The molecule has 1 saturated heterocycles. The van der Waals surface area contributed by atoms with Crippen LogP contribution in [0.4, 0.5) is 16.2 Å². The third kappa shape index (κ3) is 6.14. The van der Waals surface area contributed by atoms with Crippen LogP contribution in [0.15, 0.2) is 72.3 Å². The summed E-state index contributed by atoms with van der Waals surface area (Å²) >= 11 is 8.20. The standard InChI is InChI=1S/C27H21ClIN3O6/c1-2-37-22-14-16(13-20(29)24(22)38-15-23(33)30-17-8-4-3-5-9-17)12-18-25(34)31-27(36)32(26(18)35)21-11-7-6-10-19(21)28/h3-14H,2,15H2,1H3,(H,30,33)(H,31,34,36)/b18-12+. The van der Waals surface area contributed by atoms with E-state index >= 15 is 0 Å². The number of hydrogen-bond donors (Lipinski definition) is 2. The number of carbonyl (C=O) groups excluding carboxylic acids is 4. The number of barbiturate groups is 1. The van der Waals surface area contributed by atoms with Crippen LogP contribution in [0.5, 0.6) is 11.5 Å². The van der Waals surface area contributed by atoms with Gasteiger partial charge in [0.1, 0.15) is 5.57 Å². The van der Waals surface area contributed by atoms with Crippen LogP contribution in [0.2, 0.25) is 5.02 Å². The number of rotatable bonds is 8. The molecule has 3 aromatic carbocycles. The van der Waals surface area contributed by atoms with Crippen molar-refractivity contribution >= 4 is 75.4 Å². The summed E-state index contributed by atoms with van der Waals surface area (Å²) < 4.78 is 12.1. The molecule has 1 aliphatic heterocycles. The van der Waals surface area contributed by atoms with Gasteiger partial charge in [-0.25, -0.2) is 9.69 Å². The van der Waals surface area contributed by atoms with Crippen molar-refractivity contribution in [2.45, 2.75) is 6.92 Å². The number of halogens is 2. The first-order valence-electron chi connectivity index (χ1n) is 11.4. The predicted molar refractivity (Wildman–Crippen MR) is 151 cm³/mol. The Hall–Kier alpha value is -3.90. The molecule has 0 atom stereocenters. The first-order chi connectivity index (χ1) is 18.3. The summed E-state index contributed by atoms with van der Waals surface area (Å²) in [6.07, 6.45) is 1.35. The second-order valence-corrected chi connectivity index (χ2v) is 9.44. The topological polar surface area (TPSA) is 114 Å². The van der Waals surface area contributed by atoms with Gasteiger partial charge >= 0.3 is 6.03 Å². The summed E-state index contributed by atoms with van der Waals surface area (Å²) in [5.74, 6) is -1.35. The fraction of sp³-hybridized carbons (Fsp3) is 0.111. The molecule has 9 nitrogen and oxygen atoms in total. The first kappa shape index (κ1) is 27.1. The van der Waals surface area contributed by atoms with Crippen LogP contribution in [0, 0.1) is 3.57 Å². The van der Waals surface area contributed by atoms with Crippen LogP contribution >= 0.6 is 34.2 Å². The van der Waals surface area contributed by atoms with Crippen molar-refractivity contribution in [2.75, 3.05) is 23.4 Å². The molecule has 0 aliphatic carbocycles. The van der Waals surface area contributed by atoms with E-state index in [0.29, 0.717) is 32.9 Å². The molecule has 0 bridgehead atoms. The zero-order valence-electron chi connectivity index (χ0n) is 20.0. The fourth-order valence-electron chi connectivity index (χ4n) is 3.61. The molecule has 11 heteroatoms. The highest BCUT2D eigenvalue weighted by molar-refractivity contribution is 14.1. The molecular weight excluding hydrogens is 625 g/mol. The second kappa shape index (κ2) is 12.1. The summed E-state index contributed by atoms with van der Waals surface area (Å²) in [6.45, 7) is 1.83. The summed E-state index contributed by atoms with van der Waals surface area (Å²) in [6, 6.07) is 17.7. The maximum atomic E-state index is 13.2. The molecule has 5 amide bonds. The minimum atomic E-state index is -0.896. The normalized spacial score (nSPS) is 14.3. The van der Waals surface area contributed by atoms with Gasteiger partial charge in [-0.3, -0.25) is 19.7 Å². The predicted octanol–water partition coefficient (Wildman–Crippen LogP) is 5.03. The number of nitrogens with zero attached hydrogens (tertiary/aromatic N) is 1. The van der Waals surface area contributed by atoms with Gasteiger partial charge in [0.15, 0.2) is 18.1 Å². The number of para-hydroxylation sites is 2. The highest BCUT2D eigenvalue weighted by Crippen LogP contribution is 2.36. The largest absolute Gasteiger partial charge is 0.490 e. The smallest absolute Gasteiger partial charge is 0.335 e. The van der Waals surface area contributed by atoms with Crippen LogP contribution < -0.4 is 25.0 Å². The quantitative estimate of drug-likeness (QED) is 0.202. The molecule has 0 spiro atoms. The summed E-state index contributed by atoms with van der Waals surface area (Å²) in [7, 11) is 0. The molecule has 4 rings (SSSR count). The molecule has 1 aliphatic rings. The molecule has 194 valence electrons. The zero-order valence-corrected chi connectivity index (χ0v) is 22.9. The minimum absolute atomic E-state index is 0.150. The van der Waals surface area contributed by atoms with Crippen molar-refractivity contribution in [3.8, 4) is 11.5 Å². The molecule has 1 fully saturated rings. The number of imide groups is 2. The molecule has 0 aromatic heterocycles. The van der Waals surface area contributed by atoms with E-state index in [9.17, 15) is 19.2 Å². The Labute approximate surface area is 236 Å². The lowest BCUT2D eigenvalue weighted by Crippen LogP contribution is -2.54. The lowest BCUT2D eigenvalue weighted by molar-refractivity contribution is -0.122. The van der Waals surface area contributed by atoms with Crippen LogP contribution in [0.1, 0.15) is 12.5 Å². The van der Waals surface area contributed by atoms with Crippen molar-refractivity contribution in [2.24, 2.45) is 0 Å². The molecule has 38 heavy (non-hydrogen) atoms. The Morgan fingerprint density at radius 1 is 1.05 bits per heavy atom. The van der Waals surface area contributed by atoms with Crippen molar-refractivity contribution < 1.29 is 28.7 Å². The van der Waals surface area contributed by atoms with E-state index in [1.165, 1.54) is 18.2 Å². The fourth-order valence-corrected chi connectivity index (χ4v) is 4.61. The molecule has 1 heterocycles. The van der Waals surface area contributed by atoms with Gasteiger partial charge in [0, 0.05) is 5.69 Å². The number of ether oxygens (including phenoxy) is 2. The van der Waals surface area contributed by atoms with Crippen molar-refractivity contribution in [3.63, 3.8) is 0 Å². The monoisotopic (exact) mass is 645 g/mol. The first-order valence-corrected chi connectivity index (χ1v) is 12.8. The molecule has 0 saturated carbocycles. The van der Waals surface area contributed by atoms with Gasteiger partial charge in [0.2, 0.25) is 0 Å². The third-order valence-electron chi connectivity index (χ3n) is 5.24. The Morgan fingerprint density at radius 2 is 1.76 bits per heavy atom. The van der Waals surface area contributed by atoms with Gasteiger partial charge in [0.25, 0.3) is 17.7 Å². The molecule has 2 N–H and O–H groups in total. The van der Waals surface area contributed by atoms with E-state index < -0.39 is 17.8 Å². The highest BCUT2D eigenvalue weighted by Gasteiger charge is 2.37. The maximum Gasteiger partial charge on any atom is 0.335 e. The average Bonchev–Trinajstić information content (AvgIpc) is 2.88. The van der Waals surface area contributed by atoms with Crippen molar-refractivity contribution in [1.82, 2.24) is 5.32 Å². The Balaban J connectivity index is 1.60. The Bertz CT molecular complexity index is 1440. The molecule has 3 aromatic rings. The number of urea groups is 1. The lowest BCUT2D eigenvalue weighted by Gasteiger charge is -2.27. The lowest BCUT2D eigenvalue weighted by atomic mass is 10.1. The average molecular weight is 646 g/mol. The number of hydrogen-bond acceptors (Lipinski definition) is 6. The maximum absolute atomic E-state index is 13.2. The van der Waals surface area contributed by atoms with Gasteiger partial charge in [-0.05, 0) is 77.6 Å². The summed E-state index contributed by atoms with van der Waals surface area (Å²) in [5.41, 5.74) is 0.976. The van der Waals surface area contributed by atoms with E-state index in [2.05, 4.69) is 10.6 Å². The van der Waals surface area contributed by atoms with Crippen LogP contribution in [0.25, 0.3) is 6.08 Å². The molecule has 0 unspecified atom stereocenters. The minimum Gasteiger partial charge on any atom is -0.490 e. The zero-order chi connectivity index (χ0) is 27.2. The third-order valence-corrected chi connectivity index (χ3v) is 6.36. The number of anilines is 2. The van der Waals surface area contributed by atoms with Crippen molar-refractivity contribution in [3.05, 3.63) is 86.5 Å². The molecule has 0 radical (unpaired) electrons. The van der Waals surface area contributed by atoms with Crippen LogP contribution in [0.3, 0.4) is 0 Å². The van der Waals surface area contributed by atoms with Gasteiger partial charge in [-0.1, -0.05) is 41.9 Å². The van der Waals surface area contributed by atoms with Gasteiger partial charge < -0.3 is 14.8 Å². The van der Waals surface area contributed by atoms with Gasteiger partial charge in [-0.2, -0.15) is 0 Å². The van der Waals surface area contributed by atoms with E-state index in [1.54, 1.807) is 55.5 Å².